The van der Waals surface area contributed by atoms with Crippen molar-refractivity contribution in [1.29, 1.82) is 0 Å². The quantitative estimate of drug-likeness (QED) is 0.796. The molecule has 2 unspecified atom stereocenters. The van der Waals surface area contributed by atoms with Crippen LogP contribution in [0.3, 0.4) is 0 Å². The topological polar surface area (TPSA) is 57.5 Å². The molecule has 0 aromatic heterocycles. The van der Waals surface area contributed by atoms with Gasteiger partial charge >= 0.3 is 0 Å². The highest BCUT2D eigenvalue weighted by Crippen LogP contribution is 2.35. The molecule has 18 heavy (non-hydrogen) atoms. The van der Waals surface area contributed by atoms with Crippen LogP contribution in [0.15, 0.2) is 12.1 Å². The van der Waals surface area contributed by atoms with Gasteiger partial charge in [0.25, 0.3) is 0 Å². The zero-order chi connectivity index (χ0) is 13.7. The third-order valence-electron chi connectivity index (χ3n) is 3.98. The Bertz CT molecular complexity index is 497. The molecule has 98 valence electrons. The van der Waals surface area contributed by atoms with Crippen molar-refractivity contribution >= 4 is 5.78 Å². The Labute approximate surface area is 107 Å². The van der Waals surface area contributed by atoms with Gasteiger partial charge in [-0.15, -0.1) is 0 Å². The first-order chi connectivity index (χ1) is 8.23. The Balaban J connectivity index is 2.58. The highest BCUT2D eigenvalue weighted by molar-refractivity contribution is 6.03. The van der Waals surface area contributed by atoms with Gasteiger partial charge in [0, 0.05) is 11.5 Å². The molecule has 0 aliphatic heterocycles. The summed E-state index contributed by atoms with van der Waals surface area (Å²) in [5.41, 5.74) is 2.49. The van der Waals surface area contributed by atoms with Crippen LogP contribution < -0.4 is 0 Å². The Hall–Kier alpha value is -1.19. The number of carbonyl (C=O) groups is 1. The van der Waals surface area contributed by atoms with Gasteiger partial charge in [-0.1, -0.05) is 12.1 Å². The lowest BCUT2D eigenvalue weighted by molar-refractivity contribution is -0.0397. The summed E-state index contributed by atoms with van der Waals surface area (Å²) in [5.74, 6) is -0.706. The molecule has 1 aliphatic rings. The number of fused-ring (bicyclic) bond motifs is 1. The summed E-state index contributed by atoms with van der Waals surface area (Å²) in [5, 5.41) is 20.2. The maximum Gasteiger partial charge on any atom is 0.192 e. The summed E-state index contributed by atoms with van der Waals surface area (Å²) >= 11 is 0. The van der Waals surface area contributed by atoms with E-state index in [1.165, 1.54) is 0 Å². The summed E-state index contributed by atoms with van der Waals surface area (Å²) in [4.78, 5) is 12.3. The number of aliphatic hydroxyl groups excluding tert-OH is 1. The van der Waals surface area contributed by atoms with Crippen LogP contribution in [0.5, 0.6) is 0 Å². The number of hydrogen-bond acceptors (Lipinski definition) is 3. The van der Waals surface area contributed by atoms with Crippen molar-refractivity contribution in [2.45, 2.75) is 45.8 Å². The number of rotatable bonds is 1. The minimum atomic E-state index is -1.11. The van der Waals surface area contributed by atoms with Crippen molar-refractivity contribution in [2.24, 2.45) is 5.92 Å². The normalized spacial score (nSPS) is 24.0. The molecule has 0 saturated carbocycles. The van der Waals surface area contributed by atoms with Crippen molar-refractivity contribution < 1.29 is 15.0 Å². The van der Waals surface area contributed by atoms with Gasteiger partial charge in [0.15, 0.2) is 5.78 Å². The Morgan fingerprint density at radius 1 is 1.22 bits per heavy atom. The van der Waals surface area contributed by atoms with Crippen molar-refractivity contribution in [3.05, 3.63) is 34.4 Å². The first kappa shape index (κ1) is 13.2. The standard InChI is InChI=1S/C15H20O3/c1-8-5-6-9(2)12-10(8)7-11(15(3,4)18)13(16)14(12)17/h5-6,11,13,16,18H,7H2,1-4H3. The molecular weight excluding hydrogens is 228 g/mol. The van der Waals surface area contributed by atoms with Gasteiger partial charge in [0.05, 0.1) is 5.60 Å². The molecule has 1 aromatic rings. The van der Waals surface area contributed by atoms with E-state index in [1.54, 1.807) is 13.8 Å². The number of aryl methyl sites for hydroxylation is 2. The van der Waals surface area contributed by atoms with Gasteiger partial charge in [-0.05, 0) is 50.8 Å². The van der Waals surface area contributed by atoms with Gasteiger partial charge < -0.3 is 10.2 Å². The van der Waals surface area contributed by atoms with Crippen molar-refractivity contribution in [3.8, 4) is 0 Å². The molecule has 0 heterocycles. The molecule has 2 N–H and O–H groups in total. The molecular formula is C15H20O3. The fraction of sp³-hybridized carbons (Fsp3) is 0.533. The average Bonchev–Trinajstić information content (AvgIpc) is 2.26. The van der Waals surface area contributed by atoms with E-state index in [0.29, 0.717) is 12.0 Å². The lowest BCUT2D eigenvalue weighted by Crippen LogP contribution is -2.48. The van der Waals surface area contributed by atoms with Gasteiger partial charge in [0.2, 0.25) is 0 Å². The SMILES string of the molecule is Cc1ccc(C)c2c1CC(C(C)(C)O)C(O)C2=O. The Kier molecular flexibility index (Phi) is 3.07. The molecule has 1 aliphatic carbocycles. The largest absolute Gasteiger partial charge is 0.390 e. The van der Waals surface area contributed by atoms with Gasteiger partial charge in [-0.3, -0.25) is 4.79 Å². The number of benzene rings is 1. The van der Waals surface area contributed by atoms with Crippen LogP contribution in [-0.4, -0.2) is 27.7 Å². The van der Waals surface area contributed by atoms with E-state index in [0.717, 1.165) is 16.7 Å². The van der Waals surface area contributed by atoms with Crippen LogP contribution in [0.2, 0.25) is 0 Å². The molecule has 0 amide bonds. The van der Waals surface area contributed by atoms with E-state index >= 15 is 0 Å². The first-order valence-electron chi connectivity index (χ1n) is 6.27. The maximum atomic E-state index is 12.3. The van der Waals surface area contributed by atoms with Crippen LogP contribution in [0.25, 0.3) is 0 Å². The van der Waals surface area contributed by atoms with E-state index in [-0.39, 0.29) is 5.78 Å². The number of hydrogen-bond donors (Lipinski definition) is 2. The lowest BCUT2D eigenvalue weighted by Gasteiger charge is -2.37. The smallest absolute Gasteiger partial charge is 0.192 e. The number of ketones is 1. The molecule has 0 saturated heterocycles. The second-order valence-corrected chi connectivity index (χ2v) is 5.83. The lowest BCUT2D eigenvalue weighted by atomic mass is 9.71. The van der Waals surface area contributed by atoms with Crippen molar-refractivity contribution in [3.63, 3.8) is 0 Å². The number of Topliss-reactive ketones (excluding diaryl/α,β-unsaturated/α-hetero) is 1. The molecule has 3 heteroatoms. The van der Waals surface area contributed by atoms with Crippen LogP contribution in [0.4, 0.5) is 0 Å². The first-order valence-corrected chi connectivity index (χ1v) is 6.27. The van der Waals surface area contributed by atoms with E-state index in [4.69, 9.17) is 0 Å². The summed E-state index contributed by atoms with van der Waals surface area (Å²) < 4.78 is 0. The molecule has 3 nitrogen and oxygen atoms in total. The minimum absolute atomic E-state index is 0.260. The number of aliphatic hydroxyl groups is 2. The second kappa shape index (κ2) is 4.18. The molecule has 0 radical (unpaired) electrons. The van der Waals surface area contributed by atoms with Crippen molar-refractivity contribution in [1.82, 2.24) is 0 Å². The van der Waals surface area contributed by atoms with E-state index in [1.807, 2.05) is 26.0 Å². The maximum absolute atomic E-state index is 12.3. The van der Waals surface area contributed by atoms with Gasteiger partial charge in [-0.2, -0.15) is 0 Å². The van der Waals surface area contributed by atoms with Crippen molar-refractivity contribution in [2.75, 3.05) is 0 Å². The summed E-state index contributed by atoms with van der Waals surface area (Å²) in [6.45, 7) is 7.13. The average molecular weight is 248 g/mol. The Morgan fingerprint density at radius 2 is 1.78 bits per heavy atom. The molecule has 0 bridgehead atoms. The third-order valence-corrected chi connectivity index (χ3v) is 3.98. The predicted molar refractivity (Wildman–Crippen MR) is 69.7 cm³/mol. The van der Waals surface area contributed by atoms with Crippen LogP contribution in [0, 0.1) is 19.8 Å². The number of carbonyl (C=O) groups excluding carboxylic acids is 1. The molecule has 1 aromatic carbocycles. The van der Waals surface area contributed by atoms with Crippen LogP contribution in [0.1, 0.15) is 40.9 Å². The van der Waals surface area contributed by atoms with Gasteiger partial charge in [-0.25, -0.2) is 0 Å². The molecule has 0 spiro atoms. The zero-order valence-electron chi connectivity index (χ0n) is 11.3. The summed E-state index contributed by atoms with van der Waals surface area (Å²) in [6, 6.07) is 3.89. The van der Waals surface area contributed by atoms with Gasteiger partial charge in [0.1, 0.15) is 6.10 Å². The second-order valence-electron chi connectivity index (χ2n) is 5.83. The Morgan fingerprint density at radius 3 is 2.33 bits per heavy atom. The van der Waals surface area contributed by atoms with E-state index < -0.39 is 17.6 Å². The predicted octanol–water partition coefficient (Wildman–Crippen LogP) is 1.79. The molecule has 0 fully saturated rings. The van der Waals surface area contributed by atoms with E-state index in [9.17, 15) is 15.0 Å². The summed E-state index contributed by atoms with van der Waals surface area (Å²) in [7, 11) is 0. The van der Waals surface area contributed by atoms with E-state index in [2.05, 4.69) is 0 Å². The fourth-order valence-electron chi connectivity index (χ4n) is 2.77. The van der Waals surface area contributed by atoms with Crippen LogP contribution in [-0.2, 0) is 6.42 Å². The molecule has 2 rings (SSSR count). The third kappa shape index (κ3) is 1.98. The monoisotopic (exact) mass is 248 g/mol. The zero-order valence-corrected chi connectivity index (χ0v) is 11.3. The molecule has 2 atom stereocenters. The fourth-order valence-corrected chi connectivity index (χ4v) is 2.77. The van der Waals surface area contributed by atoms with Crippen LogP contribution >= 0.6 is 0 Å². The minimum Gasteiger partial charge on any atom is -0.390 e. The highest BCUT2D eigenvalue weighted by Gasteiger charge is 2.42. The highest BCUT2D eigenvalue weighted by atomic mass is 16.3. The summed E-state index contributed by atoms with van der Waals surface area (Å²) in [6.07, 6.45) is -0.572.